The third-order valence-corrected chi connectivity index (χ3v) is 6.29. The number of amides is 2. The van der Waals surface area contributed by atoms with E-state index in [-0.39, 0.29) is 11.8 Å². The molecule has 4 nitrogen and oxygen atoms in total. The number of carbonyl (C=O) groups is 2. The highest BCUT2D eigenvalue weighted by atomic mass is 32.2. The molecular weight excluding hydrogens is 404 g/mol. The maximum Gasteiger partial charge on any atom is 0.278 e. The first-order chi connectivity index (χ1) is 15.0. The number of benzene rings is 3. The molecule has 0 saturated heterocycles. The molecule has 0 fully saturated rings. The number of hydrogen-bond acceptors (Lipinski definition) is 4. The summed E-state index contributed by atoms with van der Waals surface area (Å²) in [7, 11) is 0. The monoisotopic (exact) mass is 428 g/mol. The number of nitrogens with one attached hydrogen (secondary N) is 1. The van der Waals surface area contributed by atoms with Crippen LogP contribution in [0.15, 0.2) is 94.4 Å². The molecule has 0 aromatic heterocycles. The largest absolute Gasteiger partial charge is 0.350 e. The summed E-state index contributed by atoms with van der Waals surface area (Å²) in [5.74, 6) is -0.526. The van der Waals surface area contributed by atoms with Gasteiger partial charge in [-0.05, 0) is 49.6 Å². The Morgan fingerprint density at radius 3 is 2.19 bits per heavy atom. The number of imide groups is 1. The molecular formula is C26H24N2O2S. The average Bonchev–Trinajstić information content (AvgIpc) is 2.99. The van der Waals surface area contributed by atoms with Crippen molar-refractivity contribution in [2.45, 2.75) is 25.2 Å². The molecule has 0 atom stereocenters. The van der Waals surface area contributed by atoms with E-state index in [1.165, 1.54) is 16.7 Å². The molecule has 0 spiro atoms. The molecule has 3 aromatic carbocycles. The van der Waals surface area contributed by atoms with Gasteiger partial charge in [-0.15, -0.1) is 0 Å². The summed E-state index contributed by atoms with van der Waals surface area (Å²) in [6.07, 6.45) is 0.623. The van der Waals surface area contributed by atoms with Crippen LogP contribution < -0.4 is 5.32 Å². The molecule has 0 unspecified atom stereocenters. The van der Waals surface area contributed by atoms with Crippen molar-refractivity contribution in [2.75, 3.05) is 11.9 Å². The summed E-state index contributed by atoms with van der Waals surface area (Å²) in [6, 6.07) is 25.6. The van der Waals surface area contributed by atoms with E-state index in [0.29, 0.717) is 23.6 Å². The number of anilines is 1. The van der Waals surface area contributed by atoms with Gasteiger partial charge in [-0.1, -0.05) is 78.0 Å². The van der Waals surface area contributed by atoms with Crippen LogP contribution in [-0.4, -0.2) is 23.3 Å². The van der Waals surface area contributed by atoms with E-state index in [9.17, 15) is 9.59 Å². The van der Waals surface area contributed by atoms with E-state index in [1.54, 1.807) is 0 Å². The van der Waals surface area contributed by atoms with Crippen LogP contribution in [0.25, 0.3) is 0 Å². The highest BCUT2D eigenvalue weighted by Gasteiger charge is 2.39. The second-order valence-electron chi connectivity index (χ2n) is 7.56. The third kappa shape index (κ3) is 4.72. The highest BCUT2D eigenvalue weighted by molar-refractivity contribution is 8.04. The molecule has 0 aliphatic carbocycles. The van der Waals surface area contributed by atoms with Crippen LogP contribution in [0.3, 0.4) is 0 Å². The fraction of sp³-hybridized carbons (Fsp3) is 0.154. The molecule has 31 heavy (non-hydrogen) atoms. The molecule has 0 saturated carbocycles. The zero-order valence-corrected chi connectivity index (χ0v) is 18.4. The van der Waals surface area contributed by atoms with Crippen LogP contribution in [0.4, 0.5) is 5.69 Å². The lowest BCUT2D eigenvalue weighted by molar-refractivity contribution is -0.137. The molecule has 1 aliphatic rings. The van der Waals surface area contributed by atoms with Gasteiger partial charge in [0.05, 0.1) is 0 Å². The summed E-state index contributed by atoms with van der Waals surface area (Å²) in [6.45, 7) is 4.37. The lowest BCUT2D eigenvalue weighted by Gasteiger charge is -2.15. The van der Waals surface area contributed by atoms with Crippen molar-refractivity contribution < 1.29 is 9.59 Å². The van der Waals surface area contributed by atoms with Crippen molar-refractivity contribution in [1.82, 2.24) is 4.90 Å². The van der Waals surface area contributed by atoms with Crippen LogP contribution in [-0.2, 0) is 16.0 Å². The van der Waals surface area contributed by atoms with Gasteiger partial charge in [0.25, 0.3) is 11.8 Å². The van der Waals surface area contributed by atoms with E-state index in [0.717, 1.165) is 27.3 Å². The van der Waals surface area contributed by atoms with Crippen molar-refractivity contribution in [1.29, 1.82) is 0 Å². The van der Waals surface area contributed by atoms with Crippen molar-refractivity contribution >= 4 is 29.3 Å². The molecule has 1 aliphatic heterocycles. The molecule has 1 heterocycles. The standard InChI is InChI=1S/C26H24N2O2S/c1-18-13-14-22(19(2)17-18)27-23-24(31-21-11-7-4-8-12-21)26(30)28(25(23)29)16-15-20-9-5-3-6-10-20/h3-14,17,27H,15-16H2,1-2H3. The van der Waals surface area contributed by atoms with Gasteiger partial charge in [-0.3, -0.25) is 14.5 Å². The Balaban J connectivity index is 1.63. The molecule has 3 aromatic rings. The number of thioether (sulfide) groups is 1. The molecule has 5 heteroatoms. The van der Waals surface area contributed by atoms with Crippen molar-refractivity contribution in [2.24, 2.45) is 0 Å². The third-order valence-electron chi connectivity index (χ3n) is 5.20. The zero-order valence-electron chi connectivity index (χ0n) is 17.6. The van der Waals surface area contributed by atoms with Crippen molar-refractivity contribution in [3.8, 4) is 0 Å². The Bertz CT molecular complexity index is 1140. The Morgan fingerprint density at radius 1 is 0.839 bits per heavy atom. The number of nitrogens with zero attached hydrogens (tertiary/aromatic N) is 1. The smallest absolute Gasteiger partial charge is 0.278 e. The number of hydrogen-bond donors (Lipinski definition) is 1. The number of rotatable bonds is 7. The lowest BCUT2D eigenvalue weighted by atomic mass is 10.1. The quantitative estimate of drug-likeness (QED) is 0.517. The predicted molar refractivity (Wildman–Crippen MR) is 126 cm³/mol. The van der Waals surface area contributed by atoms with Gasteiger partial charge in [0.2, 0.25) is 0 Å². The summed E-state index contributed by atoms with van der Waals surface area (Å²) in [5, 5.41) is 3.26. The normalized spacial score (nSPS) is 13.8. The zero-order chi connectivity index (χ0) is 21.8. The Hall–Kier alpha value is -3.31. The second kappa shape index (κ2) is 9.23. The summed E-state index contributed by atoms with van der Waals surface area (Å²) >= 11 is 1.33. The van der Waals surface area contributed by atoms with Crippen LogP contribution >= 0.6 is 11.8 Å². The Kier molecular flexibility index (Phi) is 6.23. The Labute approximate surface area is 187 Å². The minimum absolute atomic E-state index is 0.248. The molecule has 0 bridgehead atoms. The van der Waals surface area contributed by atoms with E-state index in [4.69, 9.17) is 0 Å². The van der Waals surface area contributed by atoms with E-state index < -0.39 is 0 Å². The first kappa shape index (κ1) is 20.9. The first-order valence-electron chi connectivity index (χ1n) is 10.2. The molecule has 1 N–H and O–H groups in total. The summed E-state index contributed by atoms with van der Waals surface area (Å²) in [5.41, 5.74) is 4.45. The SMILES string of the molecule is Cc1ccc(NC2=C(Sc3ccccc3)C(=O)N(CCc3ccccc3)C2=O)c(C)c1. The molecule has 2 amide bonds. The molecule has 4 rings (SSSR count). The van der Waals surface area contributed by atoms with Crippen LogP contribution in [0, 0.1) is 13.8 Å². The number of aryl methyl sites for hydroxylation is 2. The first-order valence-corrected chi connectivity index (χ1v) is 11.1. The lowest BCUT2D eigenvalue weighted by Crippen LogP contribution is -2.34. The topological polar surface area (TPSA) is 49.4 Å². The van der Waals surface area contributed by atoms with Gasteiger partial charge in [-0.2, -0.15) is 0 Å². The summed E-state index contributed by atoms with van der Waals surface area (Å²) in [4.78, 5) is 29.3. The van der Waals surface area contributed by atoms with Gasteiger partial charge < -0.3 is 5.32 Å². The maximum absolute atomic E-state index is 13.3. The van der Waals surface area contributed by atoms with Gasteiger partial charge in [0, 0.05) is 17.1 Å². The minimum atomic E-state index is -0.278. The van der Waals surface area contributed by atoms with Gasteiger partial charge in [0.1, 0.15) is 10.6 Å². The van der Waals surface area contributed by atoms with Crippen LogP contribution in [0.5, 0.6) is 0 Å². The van der Waals surface area contributed by atoms with E-state index >= 15 is 0 Å². The van der Waals surface area contributed by atoms with Crippen molar-refractivity contribution in [3.63, 3.8) is 0 Å². The van der Waals surface area contributed by atoms with Crippen LogP contribution in [0.1, 0.15) is 16.7 Å². The van der Waals surface area contributed by atoms with Gasteiger partial charge >= 0.3 is 0 Å². The Morgan fingerprint density at radius 2 is 1.52 bits per heavy atom. The van der Waals surface area contributed by atoms with E-state index in [2.05, 4.69) is 11.4 Å². The molecule has 0 radical (unpaired) electrons. The molecule has 156 valence electrons. The highest BCUT2D eigenvalue weighted by Crippen LogP contribution is 2.36. The van der Waals surface area contributed by atoms with Crippen molar-refractivity contribution in [3.05, 3.63) is 106 Å². The van der Waals surface area contributed by atoms with Gasteiger partial charge in [0.15, 0.2) is 0 Å². The van der Waals surface area contributed by atoms with E-state index in [1.807, 2.05) is 86.6 Å². The van der Waals surface area contributed by atoms with Crippen LogP contribution in [0.2, 0.25) is 0 Å². The summed E-state index contributed by atoms with van der Waals surface area (Å²) < 4.78 is 0. The predicted octanol–water partition coefficient (Wildman–Crippen LogP) is 5.33. The fourth-order valence-electron chi connectivity index (χ4n) is 3.54. The second-order valence-corrected chi connectivity index (χ2v) is 8.64. The fourth-order valence-corrected chi connectivity index (χ4v) is 4.51. The number of carbonyl (C=O) groups excluding carboxylic acids is 2. The average molecular weight is 429 g/mol. The maximum atomic E-state index is 13.3. The minimum Gasteiger partial charge on any atom is -0.350 e. The van der Waals surface area contributed by atoms with Gasteiger partial charge in [-0.25, -0.2) is 0 Å².